The lowest BCUT2D eigenvalue weighted by Gasteiger charge is -2.25. The first-order valence-corrected chi connectivity index (χ1v) is 10.8. The Morgan fingerprint density at radius 1 is 0.966 bits per heavy atom. The van der Waals surface area contributed by atoms with Gasteiger partial charge in [0.1, 0.15) is 0 Å². The van der Waals surface area contributed by atoms with Crippen LogP contribution in [0.25, 0.3) is 0 Å². The van der Waals surface area contributed by atoms with Gasteiger partial charge in [-0.2, -0.15) is 0 Å². The number of ether oxygens (including phenoxy) is 2. The van der Waals surface area contributed by atoms with Gasteiger partial charge in [-0.1, -0.05) is 12.1 Å². The minimum absolute atomic E-state index is 0.0594. The number of hydrogen-bond donors (Lipinski definition) is 1. The first kappa shape index (κ1) is 18.5. The van der Waals surface area contributed by atoms with Gasteiger partial charge in [-0.25, -0.2) is 0 Å². The second kappa shape index (κ2) is 8.07. The third kappa shape index (κ3) is 3.97. The van der Waals surface area contributed by atoms with Crippen molar-refractivity contribution in [2.75, 3.05) is 31.6 Å². The fourth-order valence-corrected chi connectivity index (χ4v) is 4.81. The number of likely N-dealkylation sites (tertiary alicyclic amines) is 1. The maximum atomic E-state index is 12.7. The average molecular weight is 392 g/mol. The SMILES string of the molecule is O=C(CN1CCC[C@@H]1c1ccc2c(c1)OCCCO2)Nc1ccc2c(c1)CCC2. The Balaban J connectivity index is 1.26. The summed E-state index contributed by atoms with van der Waals surface area (Å²) in [6.45, 7) is 2.74. The minimum Gasteiger partial charge on any atom is -0.490 e. The zero-order valence-corrected chi connectivity index (χ0v) is 16.8. The molecule has 5 heteroatoms. The zero-order valence-electron chi connectivity index (χ0n) is 16.8. The Kier molecular flexibility index (Phi) is 5.15. The molecule has 2 heterocycles. The first-order chi connectivity index (χ1) is 14.3. The summed E-state index contributed by atoms with van der Waals surface area (Å²) in [6, 6.07) is 12.8. The summed E-state index contributed by atoms with van der Waals surface area (Å²) in [6.07, 6.45) is 6.57. The zero-order chi connectivity index (χ0) is 19.6. The van der Waals surface area contributed by atoms with Crippen molar-refractivity contribution >= 4 is 11.6 Å². The van der Waals surface area contributed by atoms with Crippen molar-refractivity contribution in [1.29, 1.82) is 0 Å². The number of benzene rings is 2. The minimum atomic E-state index is 0.0594. The molecule has 2 aromatic rings. The molecule has 2 aliphatic heterocycles. The van der Waals surface area contributed by atoms with Gasteiger partial charge < -0.3 is 14.8 Å². The van der Waals surface area contributed by atoms with Crippen LogP contribution in [0.1, 0.15) is 48.4 Å². The third-order valence-electron chi connectivity index (χ3n) is 6.25. The molecule has 1 saturated heterocycles. The van der Waals surface area contributed by atoms with Crippen LogP contribution >= 0.6 is 0 Å². The highest BCUT2D eigenvalue weighted by Gasteiger charge is 2.28. The standard InChI is InChI=1S/C24H28N2O3/c27-24(25-20-9-7-17-4-1-5-18(17)14-20)16-26-11-2-6-21(26)19-8-10-22-23(15-19)29-13-3-12-28-22/h7-10,14-15,21H,1-6,11-13,16H2,(H,25,27)/t21-/m1/s1. The maximum Gasteiger partial charge on any atom is 0.238 e. The predicted octanol–water partition coefficient (Wildman–Crippen LogP) is 4.11. The molecule has 0 saturated carbocycles. The predicted molar refractivity (Wildman–Crippen MR) is 113 cm³/mol. The van der Waals surface area contributed by atoms with Crippen molar-refractivity contribution < 1.29 is 14.3 Å². The lowest BCUT2D eigenvalue weighted by atomic mass is 10.0. The van der Waals surface area contributed by atoms with Crippen molar-refractivity contribution in [3.05, 3.63) is 53.1 Å². The molecule has 1 N–H and O–H groups in total. The van der Waals surface area contributed by atoms with E-state index in [1.165, 1.54) is 23.1 Å². The number of fused-ring (bicyclic) bond motifs is 2. The normalized spacial score (nSPS) is 20.9. The Hall–Kier alpha value is -2.53. The van der Waals surface area contributed by atoms with E-state index < -0.39 is 0 Å². The summed E-state index contributed by atoms with van der Waals surface area (Å²) in [5, 5.41) is 3.10. The molecule has 2 aromatic carbocycles. The first-order valence-electron chi connectivity index (χ1n) is 10.8. The van der Waals surface area contributed by atoms with Crippen molar-refractivity contribution in [2.45, 2.75) is 44.6 Å². The van der Waals surface area contributed by atoms with E-state index in [2.05, 4.69) is 34.5 Å². The summed E-state index contributed by atoms with van der Waals surface area (Å²) in [5.74, 6) is 1.71. The van der Waals surface area contributed by atoms with E-state index in [1.54, 1.807) is 0 Å². The lowest BCUT2D eigenvalue weighted by Crippen LogP contribution is -2.33. The van der Waals surface area contributed by atoms with Crippen LogP contribution in [0.3, 0.4) is 0 Å². The highest BCUT2D eigenvalue weighted by Crippen LogP contribution is 2.37. The van der Waals surface area contributed by atoms with Gasteiger partial charge in [-0.05, 0) is 79.6 Å². The van der Waals surface area contributed by atoms with Crippen LogP contribution in [-0.2, 0) is 17.6 Å². The number of nitrogens with zero attached hydrogens (tertiary/aromatic N) is 1. The molecular formula is C24H28N2O3. The van der Waals surface area contributed by atoms with Gasteiger partial charge in [0.05, 0.1) is 19.8 Å². The second-order valence-electron chi connectivity index (χ2n) is 8.27. The molecule has 152 valence electrons. The molecule has 29 heavy (non-hydrogen) atoms. The van der Waals surface area contributed by atoms with Crippen LogP contribution in [0.5, 0.6) is 11.5 Å². The molecule has 3 aliphatic rings. The van der Waals surface area contributed by atoms with Crippen LogP contribution in [0.15, 0.2) is 36.4 Å². The average Bonchev–Trinajstić information content (AvgIpc) is 3.31. The van der Waals surface area contributed by atoms with Crippen molar-refractivity contribution in [3.63, 3.8) is 0 Å². The van der Waals surface area contributed by atoms with E-state index in [-0.39, 0.29) is 11.9 Å². The monoisotopic (exact) mass is 392 g/mol. The third-order valence-corrected chi connectivity index (χ3v) is 6.25. The molecule has 1 fully saturated rings. The van der Waals surface area contributed by atoms with Gasteiger partial charge in [-0.3, -0.25) is 9.69 Å². The molecule has 0 radical (unpaired) electrons. The van der Waals surface area contributed by atoms with Crippen molar-refractivity contribution in [2.24, 2.45) is 0 Å². The van der Waals surface area contributed by atoms with E-state index in [9.17, 15) is 4.79 Å². The van der Waals surface area contributed by atoms with Crippen molar-refractivity contribution in [3.8, 4) is 11.5 Å². The van der Waals surface area contributed by atoms with E-state index in [4.69, 9.17) is 9.47 Å². The molecule has 1 atom stereocenters. The number of amides is 1. The lowest BCUT2D eigenvalue weighted by molar-refractivity contribution is -0.117. The second-order valence-corrected chi connectivity index (χ2v) is 8.27. The number of carbonyl (C=O) groups is 1. The van der Waals surface area contributed by atoms with Gasteiger partial charge in [0.15, 0.2) is 11.5 Å². The van der Waals surface area contributed by atoms with E-state index >= 15 is 0 Å². The molecule has 1 amide bonds. The topological polar surface area (TPSA) is 50.8 Å². The number of hydrogen-bond acceptors (Lipinski definition) is 4. The molecule has 5 rings (SSSR count). The van der Waals surface area contributed by atoms with E-state index in [0.29, 0.717) is 19.8 Å². The van der Waals surface area contributed by atoms with E-state index in [1.807, 2.05) is 12.1 Å². The van der Waals surface area contributed by atoms with Gasteiger partial charge in [0.2, 0.25) is 5.91 Å². The Morgan fingerprint density at radius 3 is 2.76 bits per heavy atom. The Morgan fingerprint density at radius 2 is 1.83 bits per heavy atom. The molecule has 0 bridgehead atoms. The number of carbonyl (C=O) groups excluding carboxylic acids is 1. The molecule has 5 nitrogen and oxygen atoms in total. The maximum absolute atomic E-state index is 12.7. The van der Waals surface area contributed by atoms with Crippen LogP contribution in [-0.4, -0.2) is 37.1 Å². The summed E-state index contributed by atoms with van der Waals surface area (Å²) < 4.78 is 11.6. The van der Waals surface area contributed by atoms with Gasteiger partial charge in [0.25, 0.3) is 0 Å². The number of anilines is 1. The summed E-state index contributed by atoms with van der Waals surface area (Å²) in [7, 11) is 0. The smallest absolute Gasteiger partial charge is 0.238 e. The summed E-state index contributed by atoms with van der Waals surface area (Å²) in [4.78, 5) is 15.0. The fourth-order valence-electron chi connectivity index (χ4n) is 4.81. The Bertz CT molecular complexity index is 911. The van der Waals surface area contributed by atoms with E-state index in [0.717, 1.165) is 55.8 Å². The van der Waals surface area contributed by atoms with Crippen molar-refractivity contribution in [1.82, 2.24) is 4.90 Å². The van der Waals surface area contributed by atoms with Crippen LogP contribution < -0.4 is 14.8 Å². The highest BCUT2D eigenvalue weighted by atomic mass is 16.5. The molecule has 1 aliphatic carbocycles. The molecule has 0 spiro atoms. The quantitative estimate of drug-likeness (QED) is 0.851. The van der Waals surface area contributed by atoms with Crippen LogP contribution in [0.4, 0.5) is 5.69 Å². The van der Waals surface area contributed by atoms with Gasteiger partial charge >= 0.3 is 0 Å². The molecule has 0 aromatic heterocycles. The van der Waals surface area contributed by atoms with Gasteiger partial charge in [0, 0.05) is 18.2 Å². The van der Waals surface area contributed by atoms with Crippen LogP contribution in [0.2, 0.25) is 0 Å². The summed E-state index contributed by atoms with van der Waals surface area (Å²) in [5.41, 5.74) is 4.94. The number of aryl methyl sites for hydroxylation is 2. The Labute approximate surface area is 172 Å². The largest absolute Gasteiger partial charge is 0.490 e. The van der Waals surface area contributed by atoms with Gasteiger partial charge in [-0.15, -0.1) is 0 Å². The fraction of sp³-hybridized carbons (Fsp3) is 0.458. The number of rotatable bonds is 4. The van der Waals surface area contributed by atoms with Crippen LogP contribution in [0, 0.1) is 0 Å². The number of nitrogens with one attached hydrogen (secondary N) is 1. The molecule has 0 unspecified atom stereocenters. The highest BCUT2D eigenvalue weighted by molar-refractivity contribution is 5.92. The summed E-state index contributed by atoms with van der Waals surface area (Å²) >= 11 is 0. The molecular weight excluding hydrogens is 364 g/mol.